The summed E-state index contributed by atoms with van der Waals surface area (Å²) in [4.78, 5) is 14.8. The van der Waals surface area contributed by atoms with Gasteiger partial charge in [0.25, 0.3) is 5.91 Å². The molecule has 6 heteroatoms. The van der Waals surface area contributed by atoms with Gasteiger partial charge >= 0.3 is 0 Å². The summed E-state index contributed by atoms with van der Waals surface area (Å²) in [5.74, 6) is -0.0926. The monoisotopic (exact) mass is 381 g/mol. The molecule has 1 aliphatic heterocycles. The Hall–Kier alpha value is -2.86. The molecule has 0 atom stereocenters. The maximum absolute atomic E-state index is 13.9. The highest BCUT2D eigenvalue weighted by Gasteiger charge is 2.22. The number of piperidine rings is 1. The number of carbonyl (C=O) groups excluding carboxylic acids is 1. The van der Waals surface area contributed by atoms with Gasteiger partial charge in [0.2, 0.25) is 0 Å². The van der Waals surface area contributed by atoms with Gasteiger partial charge in [-0.25, -0.2) is 4.39 Å². The highest BCUT2D eigenvalue weighted by molar-refractivity contribution is 5.95. The van der Waals surface area contributed by atoms with Crippen molar-refractivity contribution in [3.63, 3.8) is 0 Å². The molecule has 1 aliphatic rings. The molecule has 1 saturated heterocycles. The fraction of sp³-hybridized carbons (Fsp3) is 0.318. The fourth-order valence-electron chi connectivity index (χ4n) is 3.75. The highest BCUT2D eigenvalue weighted by Crippen LogP contribution is 2.20. The van der Waals surface area contributed by atoms with Crippen LogP contribution >= 0.6 is 0 Å². The number of likely N-dealkylation sites (tertiary alicyclic amines) is 1. The maximum Gasteiger partial charge on any atom is 0.253 e. The molecular weight excluding hydrogens is 357 g/mol. The predicted octanol–water partition coefficient (Wildman–Crippen LogP) is 3.48. The van der Waals surface area contributed by atoms with Crippen molar-refractivity contribution in [2.45, 2.75) is 25.4 Å². The van der Waals surface area contributed by atoms with Crippen molar-refractivity contribution in [3.8, 4) is 5.75 Å². The van der Waals surface area contributed by atoms with Crippen LogP contribution in [0.25, 0.3) is 5.52 Å². The number of pyridine rings is 1. The first-order chi connectivity index (χ1) is 13.6. The molecule has 0 spiro atoms. The molecule has 0 saturated carbocycles. The van der Waals surface area contributed by atoms with Crippen LogP contribution in [0, 0.1) is 5.82 Å². The van der Waals surface area contributed by atoms with E-state index in [0.717, 1.165) is 37.0 Å². The summed E-state index contributed by atoms with van der Waals surface area (Å²) in [7, 11) is 1.47. The number of fused-ring (bicyclic) bond motifs is 1. The van der Waals surface area contributed by atoms with Crippen LogP contribution in [-0.4, -0.2) is 41.4 Å². The number of amides is 1. The van der Waals surface area contributed by atoms with E-state index in [4.69, 9.17) is 4.74 Å². The Balaban J connectivity index is 1.30. The van der Waals surface area contributed by atoms with Gasteiger partial charge in [0.15, 0.2) is 11.6 Å². The van der Waals surface area contributed by atoms with Gasteiger partial charge in [-0.3, -0.25) is 9.69 Å². The number of nitrogens with zero attached hydrogens (tertiary/aromatic N) is 2. The van der Waals surface area contributed by atoms with E-state index < -0.39 is 0 Å². The second kappa shape index (κ2) is 8.02. The molecule has 5 nitrogen and oxygen atoms in total. The normalized spacial score (nSPS) is 15.6. The number of benzene rings is 1. The Morgan fingerprint density at radius 1 is 1.21 bits per heavy atom. The zero-order chi connectivity index (χ0) is 19.5. The molecule has 0 unspecified atom stereocenters. The number of hydrogen-bond donors (Lipinski definition) is 1. The van der Waals surface area contributed by atoms with E-state index in [1.807, 2.05) is 47.1 Å². The third-order valence-electron chi connectivity index (χ3n) is 5.31. The van der Waals surface area contributed by atoms with Crippen LogP contribution in [0.2, 0.25) is 0 Å². The van der Waals surface area contributed by atoms with Crippen molar-refractivity contribution >= 4 is 11.4 Å². The first-order valence-corrected chi connectivity index (χ1v) is 9.55. The number of halogens is 1. The van der Waals surface area contributed by atoms with Gasteiger partial charge in [0.1, 0.15) is 0 Å². The van der Waals surface area contributed by atoms with Crippen LogP contribution in [0.3, 0.4) is 0 Å². The minimum absolute atomic E-state index is 0.0284. The molecule has 1 N–H and O–H groups in total. The minimum Gasteiger partial charge on any atom is -0.494 e. The molecule has 3 aromatic rings. The third kappa shape index (κ3) is 4.02. The van der Waals surface area contributed by atoms with Crippen LogP contribution in [-0.2, 0) is 6.54 Å². The number of ether oxygens (including phenoxy) is 1. The number of carbonyl (C=O) groups is 1. The summed E-state index contributed by atoms with van der Waals surface area (Å²) in [5.41, 5.74) is 2.62. The van der Waals surface area contributed by atoms with Crippen LogP contribution < -0.4 is 10.1 Å². The van der Waals surface area contributed by atoms with Gasteiger partial charge in [0, 0.05) is 43.6 Å². The van der Waals surface area contributed by atoms with Crippen LogP contribution in [0.15, 0.2) is 54.9 Å². The number of hydrogen-bond acceptors (Lipinski definition) is 3. The first-order valence-electron chi connectivity index (χ1n) is 9.55. The zero-order valence-corrected chi connectivity index (χ0v) is 15.9. The van der Waals surface area contributed by atoms with Gasteiger partial charge in [-0.2, -0.15) is 0 Å². The van der Waals surface area contributed by atoms with Crippen molar-refractivity contribution in [3.05, 3.63) is 71.8 Å². The van der Waals surface area contributed by atoms with E-state index in [1.54, 1.807) is 6.07 Å². The number of rotatable bonds is 5. The largest absolute Gasteiger partial charge is 0.494 e. The highest BCUT2D eigenvalue weighted by atomic mass is 19.1. The van der Waals surface area contributed by atoms with E-state index in [-0.39, 0.29) is 23.5 Å². The Morgan fingerprint density at radius 2 is 2.04 bits per heavy atom. The summed E-state index contributed by atoms with van der Waals surface area (Å²) in [6.45, 7) is 2.44. The van der Waals surface area contributed by atoms with Crippen molar-refractivity contribution in [2.24, 2.45) is 0 Å². The smallest absolute Gasteiger partial charge is 0.253 e. The zero-order valence-electron chi connectivity index (χ0n) is 15.9. The van der Waals surface area contributed by atoms with E-state index in [9.17, 15) is 9.18 Å². The molecular formula is C22H24FN3O2. The van der Waals surface area contributed by atoms with E-state index in [0.29, 0.717) is 12.1 Å². The van der Waals surface area contributed by atoms with Crippen LogP contribution in [0.4, 0.5) is 4.39 Å². The number of aromatic nitrogens is 1. The average molecular weight is 381 g/mol. The molecule has 1 amide bonds. The topological polar surface area (TPSA) is 46.0 Å². The van der Waals surface area contributed by atoms with Gasteiger partial charge in [0.05, 0.1) is 12.7 Å². The minimum atomic E-state index is -0.331. The molecule has 28 heavy (non-hydrogen) atoms. The van der Waals surface area contributed by atoms with Gasteiger partial charge in [-0.05, 0) is 48.7 Å². The second-order valence-corrected chi connectivity index (χ2v) is 7.25. The lowest BCUT2D eigenvalue weighted by Crippen LogP contribution is -2.44. The molecule has 2 aromatic heterocycles. The second-order valence-electron chi connectivity index (χ2n) is 7.25. The van der Waals surface area contributed by atoms with Gasteiger partial charge in [-0.1, -0.05) is 12.1 Å². The Bertz CT molecular complexity index is 944. The SMILES string of the molecule is COc1ccc(CN2CCC(NC(=O)c3cc4ccccn4c3)CC2)cc1F. The Kier molecular flexibility index (Phi) is 5.30. The molecule has 146 valence electrons. The first kappa shape index (κ1) is 18.5. The van der Waals surface area contributed by atoms with Crippen LogP contribution in [0.1, 0.15) is 28.8 Å². The maximum atomic E-state index is 13.9. The van der Waals surface area contributed by atoms with Crippen molar-refractivity contribution < 1.29 is 13.9 Å². The predicted molar refractivity (Wildman–Crippen MR) is 106 cm³/mol. The molecule has 0 aliphatic carbocycles. The Labute approximate surface area is 163 Å². The number of nitrogens with one attached hydrogen (secondary N) is 1. The van der Waals surface area contributed by atoms with Crippen molar-refractivity contribution in [1.29, 1.82) is 0 Å². The van der Waals surface area contributed by atoms with Crippen LogP contribution in [0.5, 0.6) is 5.75 Å². The summed E-state index contributed by atoms with van der Waals surface area (Å²) in [6.07, 6.45) is 5.57. The summed E-state index contributed by atoms with van der Waals surface area (Å²) in [6, 6.07) is 13.1. The van der Waals surface area contributed by atoms with E-state index in [1.165, 1.54) is 13.2 Å². The molecule has 3 heterocycles. The number of methoxy groups -OCH3 is 1. The van der Waals surface area contributed by atoms with Gasteiger partial charge in [-0.15, -0.1) is 0 Å². The Morgan fingerprint density at radius 3 is 2.75 bits per heavy atom. The van der Waals surface area contributed by atoms with Gasteiger partial charge < -0.3 is 14.5 Å². The molecule has 0 radical (unpaired) electrons. The van der Waals surface area contributed by atoms with Crippen molar-refractivity contribution in [2.75, 3.05) is 20.2 Å². The lowest BCUT2D eigenvalue weighted by molar-refractivity contribution is 0.0909. The summed E-state index contributed by atoms with van der Waals surface area (Å²) in [5, 5.41) is 3.15. The fourth-order valence-corrected chi connectivity index (χ4v) is 3.75. The standard InChI is InChI=1S/C22H24FN3O2/c1-28-21-6-5-16(12-20(21)23)14-25-10-7-18(8-11-25)24-22(27)17-13-19-4-2-3-9-26(19)15-17/h2-6,9,12-13,15,18H,7-8,10-11,14H2,1H3,(H,24,27). The summed E-state index contributed by atoms with van der Waals surface area (Å²) >= 11 is 0. The average Bonchev–Trinajstić information content (AvgIpc) is 3.14. The lowest BCUT2D eigenvalue weighted by Gasteiger charge is -2.32. The lowest BCUT2D eigenvalue weighted by atomic mass is 10.0. The quantitative estimate of drug-likeness (QED) is 0.736. The molecule has 4 rings (SSSR count). The van der Waals surface area contributed by atoms with E-state index >= 15 is 0 Å². The third-order valence-corrected chi connectivity index (χ3v) is 5.31. The molecule has 0 bridgehead atoms. The molecule has 1 fully saturated rings. The van der Waals surface area contributed by atoms with E-state index in [2.05, 4.69) is 10.2 Å². The van der Waals surface area contributed by atoms with Crippen molar-refractivity contribution in [1.82, 2.24) is 14.6 Å². The molecule has 1 aromatic carbocycles. The summed E-state index contributed by atoms with van der Waals surface area (Å²) < 4.78 is 20.8.